The molecule has 0 saturated carbocycles. The summed E-state index contributed by atoms with van der Waals surface area (Å²) in [5, 5.41) is 13.9. The molecule has 2 aromatic rings. The maximum atomic E-state index is 10.4. The number of piperidine rings is 1. The zero-order chi connectivity index (χ0) is 13.8. The number of nitrogens with one attached hydrogen (secondary N) is 1. The SMILES string of the molecule is O[C@@H]1CCCN[C@@H]1C(c1ccccc1)c1ccccc1. The van der Waals surface area contributed by atoms with Gasteiger partial charge in [0.25, 0.3) is 0 Å². The lowest BCUT2D eigenvalue weighted by molar-refractivity contribution is 0.0890. The zero-order valence-electron chi connectivity index (χ0n) is 11.6. The molecule has 1 aliphatic rings. The Bertz CT molecular complexity index is 486. The molecule has 2 heteroatoms. The Balaban J connectivity index is 1.99. The van der Waals surface area contributed by atoms with Crippen LogP contribution in [0.4, 0.5) is 0 Å². The Labute approximate surface area is 120 Å². The van der Waals surface area contributed by atoms with Crippen LogP contribution in [0.25, 0.3) is 0 Å². The predicted molar refractivity (Wildman–Crippen MR) is 81.8 cm³/mol. The molecule has 1 saturated heterocycles. The third-order valence-electron chi connectivity index (χ3n) is 4.15. The standard InChI is InChI=1S/C18H21NO/c20-16-12-7-13-19-18(16)17(14-8-3-1-4-9-14)15-10-5-2-6-11-15/h1-6,8-11,16-20H,7,12-13H2/t16-,18+/m1/s1. The highest BCUT2D eigenvalue weighted by Gasteiger charge is 2.32. The summed E-state index contributed by atoms with van der Waals surface area (Å²) in [4.78, 5) is 0. The van der Waals surface area contributed by atoms with Crippen LogP contribution in [-0.2, 0) is 0 Å². The Morgan fingerprint density at radius 3 is 1.95 bits per heavy atom. The minimum atomic E-state index is -0.283. The van der Waals surface area contributed by atoms with Gasteiger partial charge in [0.2, 0.25) is 0 Å². The lowest BCUT2D eigenvalue weighted by Gasteiger charge is -2.36. The molecule has 0 bridgehead atoms. The average molecular weight is 267 g/mol. The van der Waals surface area contributed by atoms with Crippen LogP contribution < -0.4 is 5.32 Å². The Hall–Kier alpha value is -1.64. The van der Waals surface area contributed by atoms with Crippen LogP contribution in [0.3, 0.4) is 0 Å². The Morgan fingerprint density at radius 2 is 1.45 bits per heavy atom. The molecule has 1 heterocycles. The van der Waals surface area contributed by atoms with Crippen molar-refractivity contribution in [3.63, 3.8) is 0 Å². The third-order valence-corrected chi connectivity index (χ3v) is 4.15. The highest BCUT2D eigenvalue weighted by molar-refractivity contribution is 5.35. The second-order valence-corrected chi connectivity index (χ2v) is 5.49. The lowest BCUT2D eigenvalue weighted by atomic mass is 9.80. The van der Waals surface area contributed by atoms with Gasteiger partial charge in [-0.2, -0.15) is 0 Å². The third kappa shape index (κ3) is 2.77. The van der Waals surface area contributed by atoms with Crippen LogP contribution >= 0.6 is 0 Å². The molecule has 0 unspecified atom stereocenters. The van der Waals surface area contributed by atoms with Crippen LogP contribution in [0.15, 0.2) is 60.7 Å². The second kappa shape index (κ2) is 6.21. The van der Waals surface area contributed by atoms with Gasteiger partial charge < -0.3 is 10.4 Å². The number of benzene rings is 2. The van der Waals surface area contributed by atoms with Crippen LogP contribution in [0, 0.1) is 0 Å². The molecule has 2 atom stereocenters. The van der Waals surface area contributed by atoms with Crippen molar-refractivity contribution in [2.75, 3.05) is 6.54 Å². The van der Waals surface area contributed by atoms with Crippen molar-refractivity contribution in [2.45, 2.75) is 30.9 Å². The maximum absolute atomic E-state index is 10.4. The van der Waals surface area contributed by atoms with Crippen LogP contribution in [0.5, 0.6) is 0 Å². The highest BCUT2D eigenvalue weighted by atomic mass is 16.3. The van der Waals surface area contributed by atoms with E-state index in [1.807, 2.05) is 12.1 Å². The van der Waals surface area contributed by atoms with Crippen molar-refractivity contribution in [2.24, 2.45) is 0 Å². The molecule has 104 valence electrons. The number of aliphatic hydroxyl groups is 1. The monoisotopic (exact) mass is 267 g/mol. The van der Waals surface area contributed by atoms with E-state index < -0.39 is 0 Å². The number of aliphatic hydroxyl groups excluding tert-OH is 1. The molecule has 2 N–H and O–H groups in total. The van der Waals surface area contributed by atoms with Gasteiger partial charge in [0.15, 0.2) is 0 Å². The van der Waals surface area contributed by atoms with Crippen molar-refractivity contribution in [3.8, 4) is 0 Å². The Morgan fingerprint density at radius 1 is 0.900 bits per heavy atom. The van der Waals surface area contributed by atoms with E-state index in [0.29, 0.717) is 0 Å². The first kappa shape index (κ1) is 13.3. The summed E-state index contributed by atoms with van der Waals surface area (Å²) >= 11 is 0. The van der Waals surface area contributed by atoms with E-state index in [2.05, 4.69) is 53.8 Å². The van der Waals surface area contributed by atoms with E-state index in [-0.39, 0.29) is 18.1 Å². The van der Waals surface area contributed by atoms with Gasteiger partial charge in [-0.1, -0.05) is 60.7 Å². The van der Waals surface area contributed by atoms with E-state index in [9.17, 15) is 5.11 Å². The first-order chi connectivity index (χ1) is 9.86. The second-order valence-electron chi connectivity index (χ2n) is 5.49. The van der Waals surface area contributed by atoms with Gasteiger partial charge in [0.05, 0.1) is 6.10 Å². The van der Waals surface area contributed by atoms with Crippen LogP contribution in [-0.4, -0.2) is 23.8 Å². The van der Waals surface area contributed by atoms with Crippen molar-refractivity contribution in [1.29, 1.82) is 0 Å². The van der Waals surface area contributed by atoms with Gasteiger partial charge >= 0.3 is 0 Å². The van der Waals surface area contributed by atoms with Gasteiger partial charge in [0, 0.05) is 12.0 Å². The minimum absolute atomic E-state index is 0.0912. The molecule has 0 aromatic heterocycles. The average Bonchev–Trinajstić information content (AvgIpc) is 2.52. The first-order valence-electron chi connectivity index (χ1n) is 7.37. The molecular formula is C18H21NO. The van der Waals surface area contributed by atoms with E-state index in [1.165, 1.54) is 11.1 Å². The van der Waals surface area contributed by atoms with Gasteiger partial charge in [-0.3, -0.25) is 0 Å². The molecule has 20 heavy (non-hydrogen) atoms. The summed E-state index contributed by atoms with van der Waals surface area (Å²) in [6, 6.07) is 21.1. The molecule has 2 aromatic carbocycles. The summed E-state index contributed by atoms with van der Waals surface area (Å²) in [5.74, 6) is 0.202. The van der Waals surface area contributed by atoms with E-state index in [1.54, 1.807) is 0 Å². The van der Waals surface area contributed by atoms with Crippen LogP contribution in [0.1, 0.15) is 29.9 Å². The molecule has 1 fully saturated rings. The molecule has 2 nitrogen and oxygen atoms in total. The van der Waals surface area contributed by atoms with Gasteiger partial charge in [-0.25, -0.2) is 0 Å². The molecule has 0 aliphatic carbocycles. The summed E-state index contributed by atoms with van der Waals surface area (Å²) in [5.41, 5.74) is 2.52. The van der Waals surface area contributed by atoms with Gasteiger partial charge in [0.1, 0.15) is 0 Å². The fraction of sp³-hybridized carbons (Fsp3) is 0.333. The van der Waals surface area contributed by atoms with Gasteiger partial charge in [-0.15, -0.1) is 0 Å². The zero-order valence-corrected chi connectivity index (χ0v) is 11.6. The topological polar surface area (TPSA) is 32.3 Å². The number of rotatable bonds is 3. The van der Waals surface area contributed by atoms with E-state index >= 15 is 0 Å². The van der Waals surface area contributed by atoms with Crippen molar-refractivity contribution in [3.05, 3.63) is 71.8 Å². The quantitative estimate of drug-likeness (QED) is 0.896. The molecule has 0 amide bonds. The normalized spacial score (nSPS) is 22.9. The maximum Gasteiger partial charge on any atom is 0.0703 e. The molecule has 3 rings (SSSR count). The minimum Gasteiger partial charge on any atom is -0.391 e. The molecular weight excluding hydrogens is 246 g/mol. The summed E-state index contributed by atoms with van der Waals surface area (Å²) < 4.78 is 0. The predicted octanol–water partition coefficient (Wildman–Crippen LogP) is 2.93. The van der Waals surface area contributed by atoms with E-state index in [4.69, 9.17) is 0 Å². The summed E-state index contributed by atoms with van der Waals surface area (Å²) in [6.45, 7) is 0.984. The van der Waals surface area contributed by atoms with Gasteiger partial charge in [-0.05, 0) is 30.5 Å². The van der Waals surface area contributed by atoms with Crippen molar-refractivity contribution >= 4 is 0 Å². The fourth-order valence-corrected chi connectivity index (χ4v) is 3.16. The molecule has 0 radical (unpaired) electrons. The van der Waals surface area contributed by atoms with Crippen LogP contribution in [0.2, 0.25) is 0 Å². The fourth-order valence-electron chi connectivity index (χ4n) is 3.16. The smallest absolute Gasteiger partial charge is 0.0703 e. The van der Waals surface area contributed by atoms with E-state index in [0.717, 1.165) is 19.4 Å². The first-order valence-corrected chi connectivity index (χ1v) is 7.37. The summed E-state index contributed by atoms with van der Waals surface area (Å²) in [6.07, 6.45) is 1.65. The Kier molecular flexibility index (Phi) is 4.14. The highest BCUT2D eigenvalue weighted by Crippen LogP contribution is 2.31. The summed E-state index contributed by atoms with van der Waals surface area (Å²) in [7, 11) is 0. The van der Waals surface area contributed by atoms with Crippen molar-refractivity contribution < 1.29 is 5.11 Å². The number of hydrogen-bond acceptors (Lipinski definition) is 2. The largest absolute Gasteiger partial charge is 0.391 e. The lowest BCUT2D eigenvalue weighted by Crippen LogP contribution is -2.48. The molecule has 0 spiro atoms. The number of hydrogen-bond donors (Lipinski definition) is 2. The van der Waals surface area contributed by atoms with Crippen molar-refractivity contribution in [1.82, 2.24) is 5.32 Å². The molecule has 1 aliphatic heterocycles.